The smallest absolute Gasteiger partial charge is 0.291 e. The van der Waals surface area contributed by atoms with Gasteiger partial charge in [-0.1, -0.05) is 48.2 Å². The Labute approximate surface area is 248 Å². The van der Waals surface area contributed by atoms with E-state index < -0.39 is 11.9 Å². The van der Waals surface area contributed by atoms with Gasteiger partial charge in [0, 0.05) is 36.7 Å². The second-order valence-electron chi connectivity index (χ2n) is 9.93. The van der Waals surface area contributed by atoms with Crippen LogP contribution in [0.5, 0.6) is 11.5 Å². The van der Waals surface area contributed by atoms with E-state index in [9.17, 15) is 9.59 Å². The third-order valence-electron chi connectivity index (χ3n) is 6.89. The molecule has 2 amide bonds. The Bertz CT molecular complexity index is 1840. The molecule has 0 unspecified atom stereocenters. The third-order valence-corrected chi connectivity index (χ3v) is 6.89. The van der Waals surface area contributed by atoms with Crippen molar-refractivity contribution in [2.24, 2.45) is 0 Å². The lowest BCUT2D eigenvalue weighted by Gasteiger charge is -2.20. The van der Waals surface area contributed by atoms with Crippen LogP contribution in [0.15, 0.2) is 91.4 Å². The largest absolute Gasteiger partial charge is 0.493 e. The molecule has 0 saturated heterocycles. The van der Waals surface area contributed by atoms with Crippen LogP contribution in [0, 0.1) is 11.8 Å². The van der Waals surface area contributed by atoms with Crippen molar-refractivity contribution in [1.82, 2.24) is 25.1 Å². The number of anilines is 1. The molecule has 0 bridgehead atoms. The molecule has 1 aliphatic rings. The predicted molar refractivity (Wildman–Crippen MR) is 161 cm³/mol. The average molecular weight is 573 g/mol. The molecule has 3 heterocycles. The van der Waals surface area contributed by atoms with Crippen LogP contribution in [0.1, 0.15) is 28.2 Å². The number of amides is 2. The summed E-state index contributed by atoms with van der Waals surface area (Å²) in [6.45, 7) is 0.878. The number of pyridine rings is 1. The molecule has 3 aromatic carbocycles. The highest BCUT2D eigenvalue weighted by molar-refractivity contribution is 6.02. The normalized spacial score (nSPS) is 14.2. The molecule has 0 fully saturated rings. The number of nitrogens with zero attached hydrogens (tertiary/aromatic N) is 5. The number of hydrogen-bond acceptors (Lipinski definition) is 7. The van der Waals surface area contributed by atoms with Crippen LogP contribution in [-0.4, -0.2) is 57.9 Å². The zero-order valence-electron chi connectivity index (χ0n) is 23.4. The quantitative estimate of drug-likeness (QED) is 0.233. The standard InChI is InChI=1S/C33H28N6O4/c1-38-29-18-23(8-5-6-17-42-26-14-13-25-11-7-16-34-27(25)19-26)12-15-30(29)43-21-28(33(38)41)36-32(40)31-35-22-39(37-31)20-24-9-3-2-4-10-24/h2-4,7,9-16,18-19,22,28H,6,17,20-21H2,1H3,(H,36,40)/t28-/m0/s1. The van der Waals surface area contributed by atoms with Gasteiger partial charge in [-0.05, 0) is 42.0 Å². The van der Waals surface area contributed by atoms with E-state index in [1.807, 2.05) is 66.7 Å². The van der Waals surface area contributed by atoms with Crippen molar-refractivity contribution < 1.29 is 19.1 Å². The van der Waals surface area contributed by atoms with Crippen molar-refractivity contribution in [2.75, 3.05) is 25.2 Å². The van der Waals surface area contributed by atoms with E-state index >= 15 is 0 Å². The second kappa shape index (κ2) is 12.4. The van der Waals surface area contributed by atoms with E-state index in [2.05, 4.69) is 32.2 Å². The maximum absolute atomic E-state index is 13.3. The number of benzene rings is 3. The van der Waals surface area contributed by atoms with Crippen molar-refractivity contribution in [3.8, 4) is 23.3 Å². The Hall–Kier alpha value is -5.69. The Balaban J connectivity index is 1.05. The summed E-state index contributed by atoms with van der Waals surface area (Å²) in [5.74, 6) is 6.62. The number of ether oxygens (including phenoxy) is 2. The molecule has 0 spiro atoms. The fourth-order valence-electron chi connectivity index (χ4n) is 4.67. The molecule has 43 heavy (non-hydrogen) atoms. The van der Waals surface area contributed by atoms with Crippen molar-refractivity contribution in [3.05, 3.63) is 108 Å². The fourth-order valence-corrected chi connectivity index (χ4v) is 4.67. The van der Waals surface area contributed by atoms with Crippen LogP contribution in [-0.2, 0) is 11.3 Å². The van der Waals surface area contributed by atoms with Crippen LogP contribution in [0.25, 0.3) is 10.9 Å². The van der Waals surface area contributed by atoms with Gasteiger partial charge in [0.15, 0.2) is 0 Å². The van der Waals surface area contributed by atoms with E-state index in [1.54, 1.807) is 30.1 Å². The molecule has 10 heteroatoms. The van der Waals surface area contributed by atoms with Crippen LogP contribution in [0.4, 0.5) is 5.69 Å². The number of carbonyl (C=O) groups excluding carboxylic acids is 2. The first-order valence-corrected chi connectivity index (χ1v) is 13.8. The lowest BCUT2D eigenvalue weighted by atomic mass is 10.1. The number of nitrogens with one attached hydrogen (secondary N) is 1. The number of fused-ring (bicyclic) bond motifs is 2. The van der Waals surface area contributed by atoms with Gasteiger partial charge in [0.2, 0.25) is 5.82 Å². The van der Waals surface area contributed by atoms with E-state index in [0.29, 0.717) is 31.0 Å². The van der Waals surface area contributed by atoms with Gasteiger partial charge in [-0.3, -0.25) is 14.6 Å². The Kier molecular flexibility index (Phi) is 7.95. The Morgan fingerprint density at radius 2 is 1.95 bits per heavy atom. The molecule has 1 N–H and O–H groups in total. The first-order chi connectivity index (χ1) is 21.0. The highest BCUT2D eigenvalue weighted by atomic mass is 16.5. The maximum Gasteiger partial charge on any atom is 0.291 e. The van der Waals surface area contributed by atoms with Gasteiger partial charge >= 0.3 is 0 Å². The summed E-state index contributed by atoms with van der Waals surface area (Å²) in [6, 6.07) is 23.9. The summed E-state index contributed by atoms with van der Waals surface area (Å²) in [5.41, 5.74) is 3.21. The number of rotatable bonds is 7. The monoisotopic (exact) mass is 572 g/mol. The molecular formula is C33H28N6O4. The van der Waals surface area contributed by atoms with Crippen molar-refractivity contribution in [2.45, 2.75) is 19.0 Å². The molecule has 0 saturated carbocycles. The van der Waals surface area contributed by atoms with E-state index in [-0.39, 0.29) is 18.3 Å². The summed E-state index contributed by atoms with van der Waals surface area (Å²) in [6.07, 6.45) is 3.77. The minimum atomic E-state index is -0.914. The minimum absolute atomic E-state index is 0.0213. The molecule has 214 valence electrons. The van der Waals surface area contributed by atoms with Crippen LogP contribution in [0.3, 0.4) is 0 Å². The molecule has 5 aromatic rings. The van der Waals surface area contributed by atoms with E-state index in [4.69, 9.17) is 9.47 Å². The first-order valence-electron chi connectivity index (χ1n) is 13.8. The zero-order valence-corrected chi connectivity index (χ0v) is 23.4. The number of carbonyl (C=O) groups is 2. The molecule has 6 rings (SSSR count). The molecule has 1 aliphatic heterocycles. The summed E-state index contributed by atoms with van der Waals surface area (Å²) in [5, 5.41) is 8.03. The lowest BCUT2D eigenvalue weighted by Crippen LogP contribution is -2.49. The van der Waals surface area contributed by atoms with Crippen LogP contribution >= 0.6 is 0 Å². The Morgan fingerprint density at radius 1 is 1.07 bits per heavy atom. The molecule has 2 aromatic heterocycles. The summed E-state index contributed by atoms with van der Waals surface area (Å²) in [4.78, 5) is 36.1. The highest BCUT2D eigenvalue weighted by Crippen LogP contribution is 2.31. The molecule has 1 atom stereocenters. The fraction of sp³-hybridized carbons (Fsp3) is 0.182. The average Bonchev–Trinajstić information content (AvgIpc) is 3.47. The van der Waals surface area contributed by atoms with Gasteiger partial charge in [0.1, 0.15) is 30.5 Å². The van der Waals surface area contributed by atoms with Crippen LogP contribution in [0.2, 0.25) is 0 Å². The minimum Gasteiger partial charge on any atom is -0.493 e. The van der Waals surface area contributed by atoms with E-state index in [1.165, 1.54) is 11.2 Å². The van der Waals surface area contributed by atoms with Gasteiger partial charge in [-0.25, -0.2) is 9.67 Å². The topological polar surface area (TPSA) is 111 Å². The maximum atomic E-state index is 13.3. The number of aromatic nitrogens is 4. The summed E-state index contributed by atoms with van der Waals surface area (Å²) in [7, 11) is 1.64. The first kappa shape index (κ1) is 27.5. The van der Waals surface area contributed by atoms with Gasteiger partial charge in [0.05, 0.1) is 24.4 Å². The van der Waals surface area contributed by atoms with E-state index in [0.717, 1.165) is 27.8 Å². The molecule has 10 nitrogen and oxygen atoms in total. The predicted octanol–water partition coefficient (Wildman–Crippen LogP) is 3.85. The highest BCUT2D eigenvalue weighted by Gasteiger charge is 2.31. The van der Waals surface area contributed by atoms with Gasteiger partial charge < -0.3 is 19.7 Å². The zero-order chi connectivity index (χ0) is 29.6. The second-order valence-corrected chi connectivity index (χ2v) is 9.93. The SMILES string of the molecule is CN1C(=O)[C@@H](NC(=O)c2ncn(Cc3ccccc3)n2)COc2ccc(C#CCCOc3ccc4cccnc4c3)cc21. The van der Waals surface area contributed by atoms with Gasteiger partial charge in [-0.2, -0.15) is 0 Å². The number of likely N-dealkylation sites (N-methyl/N-ethyl adjacent to an activating group) is 1. The third kappa shape index (κ3) is 6.47. The van der Waals surface area contributed by atoms with Crippen molar-refractivity contribution in [1.29, 1.82) is 0 Å². The van der Waals surface area contributed by atoms with Crippen molar-refractivity contribution in [3.63, 3.8) is 0 Å². The van der Waals surface area contributed by atoms with Gasteiger partial charge in [0.25, 0.3) is 11.8 Å². The number of hydrogen-bond donors (Lipinski definition) is 1. The molecular weight excluding hydrogens is 544 g/mol. The Morgan fingerprint density at radius 3 is 2.84 bits per heavy atom. The lowest BCUT2D eigenvalue weighted by molar-refractivity contribution is -0.120. The van der Waals surface area contributed by atoms with Crippen LogP contribution < -0.4 is 19.7 Å². The summed E-state index contributed by atoms with van der Waals surface area (Å²) < 4.78 is 13.3. The van der Waals surface area contributed by atoms with Crippen molar-refractivity contribution >= 4 is 28.4 Å². The summed E-state index contributed by atoms with van der Waals surface area (Å²) >= 11 is 0. The molecule has 0 aliphatic carbocycles. The van der Waals surface area contributed by atoms with Gasteiger partial charge in [-0.15, -0.1) is 5.10 Å². The molecule has 0 radical (unpaired) electrons.